The average Bonchev–Trinajstić information content (AvgIpc) is 2.70. The van der Waals surface area contributed by atoms with Crippen LogP contribution < -0.4 is 10.6 Å². The van der Waals surface area contributed by atoms with Gasteiger partial charge in [0.15, 0.2) is 11.6 Å². The van der Waals surface area contributed by atoms with Crippen LogP contribution in [0.2, 0.25) is 0 Å². The lowest BCUT2D eigenvalue weighted by atomic mass is 9.91. The van der Waals surface area contributed by atoms with E-state index in [1.54, 1.807) is 27.7 Å². The summed E-state index contributed by atoms with van der Waals surface area (Å²) in [6.07, 6.45) is -0.700. The van der Waals surface area contributed by atoms with Crippen LogP contribution >= 0.6 is 0 Å². The highest BCUT2D eigenvalue weighted by molar-refractivity contribution is 5.95. The molecule has 0 fully saturated rings. The van der Waals surface area contributed by atoms with Gasteiger partial charge in [-0.15, -0.1) is 0 Å². The van der Waals surface area contributed by atoms with E-state index in [2.05, 4.69) is 10.6 Å². The quantitative estimate of drug-likeness (QED) is 0.426. The van der Waals surface area contributed by atoms with Crippen molar-refractivity contribution in [1.29, 1.82) is 0 Å². The van der Waals surface area contributed by atoms with Gasteiger partial charge in [0.25, 0.3) is 0 Å². The number of carboxylic acids is 1. The van der Waals surface area contributed by atoms with E-state index in [-0.39, 0.29) is 36.4 Å². The summed E-state index contributed by atoms with van der Waals surface area (Å²) in [5, 5.41) is 14.6. The molecular weight excluding hydrogens is 412 g/mol. The fraction of sp³-hybridized carbons (Fsp3) is 0.542. The molecule has 8 nitrogen and oxygen atoms in total. The third kappa shape index (κ3) is 8.99. The zero-order valence-electron chi connectivity index (χ0n) is 19.4. The molecule has 8 heteroatoms. The minimum Gasteiger partial charge on any atom is -0.481 e. The summed E-state index contributed by atoms with van der Waals surface area (Å²) in [6, 6.07) is 7.44. The third-order valence-corrected chi connectivity index (χ3v) is 5.15. The Balaban J connectivity index is 3.07. The predicted octanol–water partition coefficient (Wildman–Crippen LogP) is 2.15. The number of ketones is 2. The maximum Gasteiger partial charge on any atom is 0.304 e. The molecule has 3 atom stereocenters. The molecule has 2 amide bonds. The number of rotatable bonds is 13. The molecule has 3 N–H and O–H groups in total. The van der Waals surface area contributed by atoms with Crippen molar-refractivity contribution in [1.82, 2.24) is 10.6 Å². The summed E-state index contributed by atoms with van der Waals surface area (Å²) in [5.74, 6) is -4.58. The van der Waals surface area contributed by atoms with Crippen LogP contribution in [0.15, 0.2) is 30.3 Å². The Labute approximate surface area is 189 Å². The molecule has 0 aromatic heterocycles. The van der Waals surface area contributed by atoms with Crippen molar-refractivity contribution >= 4 is 29.4 Å². The van der Waals surface area contributed by atoms with Gasteiger partial charge in [-0.05, 0) is 24.8 Å². The largest absolute Gasteiger partial charge is 0.481 e. The van der Waals surface area contributed by atoms with E-state index in [1.807, 2.05) is 30.3 Å². The van der Waals surface area contributed by atoms with Crippen molar-refractivity contribution in [3.05, 3.63) is 35.9 Å². The summed E-state index contributed by atoms with van der Waals surface area (Å²) in [6.45, 7) is 8.28. The first-order valence-electron chi connectivity index (χ1n) is 10.8. The number of Topliss-reactive ketones (excluding diaryl/α,β-unsaturated/α-hetero) is 2. The minimum atomic E-state index is -1.23. The van der Waals surface area contributed by atoms with Crippen LogP contribution in [0.1, 0.15) is 53.0 Å². The lowest BCUT2D eigenvalue weighted by molar-refractivity contribution is -0.142. The number of carboxylic acid groups (broad SMARTS) is 1. The van der Waals surface area contributed by atoms with Crippen LogP contribution in [0, 0.1) is 17.8 Å². The Kier molecular flexibility index (Phi) is 10.7. The zero-order chi connectivity index (χ0) is 24.4. The molecule has 0 radical (unpaired) electrons. The molecule has 0 saturated heterocycles. The van der Waals surface area contributed by atoms with Gasteiger partial charge in [0, 0.05) is 12.3 Å². The van der Waals surface area contributed by atoms with Crippen LogP contribution in [-0.2, 0) is 30.4 Å². The van der Waals surface area contributed by atoms with Gasteiger partial charge < -0.3 is 15.7 Å². The lowest BCUT2D eigenvalue weighted by Gasteiger charge is -2.24. The summed E-state index contributed by atoms with van der Waals surface area (Å²) < 4.78 is 0. The van der Waals surface area contributed by atoms with E-state index in [1.165, 1.54) is 6.92 Å². The Hall–Kier alpha value is -3.03. The molecule has 0 bridgehead atoms. The number of nitrogens with one attached hydrogen (secondary N) is 2. The molecule has 1 aromatic rings. The summed E-state index contributed by atoms with van der Waals surface area (Å²) in [5.41, 5.74) is 0.825. The lowest BCUT2D eigenvalue weighted by Crippen LogP contribution is -2.48. The fourth-order valence-electron chi connectivity index (χ4n) is 3.30. The highest BCUT2D eigenvalue weighted by Crippen LogP contribution is 2.16. The Morgan fingerprint density at radius 2 is 1.47 bits per heavy atom. The van der Waals surface area contributed by atoms with Crippen molar-refractivity contribution in [2.75, 3.05) is 0 Å². The number of hydrogen-bond donors (Lipinski definition) is 3. The SMILES string of the molecule is CC(=O)C(NC(=O)[C@H](CC(=O)O)CC(=O)[C@H](Cc1ccccc1)NC(=O)C(C)C)C(C)C. The van der Waals surface area contributed by atoms with Crippen LogP contribution in [0.5, 0.6) is 0 Å². The van der Waals surface area contributed by atoms with E-state index in [9.17, 15) is 29.1 Å². The maximum atomic E-state index is 13.1. The highest BCUT2D eigenvalue weighted by Gasteiger charge is 2.32. The van der Waals surface area contributed by atoms with Gasteiger partial charge in [0.1, 0.15) is 0 Å². The number of hydrogen-bond acceptors (Lipinski definition) is 5. The Morgan fingerprint density at radius 1 is 0.875 bits per heavy atom. The summed E-state index contributed by atoms with van der Waals surface area (Å²) >= 11 is 0. The normalized spacial score (nSPS) is 13.8. The van der Waals surface area contributed by atoms with Crippen molar-refractivity contribution < 1.29 is 29.1 Å². The third-order valence-electron chi connectivity index (χ3n) is 5.15. The van der Waals surface area contributed by atoms with E-state index in [4.69, 9.17) is 0 Å². The smallest absolute Gasteiger partial charge is 0.304 e. The molecule has 176 valence electrons. The molecule has 0 aliphatic rings. The first-order valence-corrected chi connectivity index (χ1v) is 10.8. The van der Waals surface area contributed by atoms with Crippen molar-refractivity contribution in [3.63, 3.8) is 0 Å². The molecule has 1 unspecified atom stereocenters. The number of amides is 2. The number of carbonyl (C=O) groups excluding carboxylic acids is 4. The van der Waals surface area contributed by atoms with Gasteiger partial charge in [0.2, 0.25) is 11.8 Å². The first-order chi connectivity index (χ1) is 14.9. The molecule has 0 spiro atoms. The second kappa shape index (κ2) is 12.7. The molecule has 1 rings (SSSR count). The van der Waals surface area contributed by atoms with E-state index < -0.39 is 42.1 Å². The highest BCUT2D eigenvalue weighted by atomic mass is 16.4. The Morgan fingerprint density at radius 3 is 1.94 bits per heavy atom. The maximum absolute atomic E-state index is 13.1. The minimum absolute atomic E-state index is 0.186. The van der Waals surface area contributed by atoms with Gasteiger partial charge in [-0.25, -0.2) is 0 Å². The van der Waals surface area contributed by atoms with Gasteiger partial charge in [-0.3, -0.25) is 24.0 Å². The van der Waals surface area contributed by atoms with Crippen LogP contribution in [0.4, 0.5) is 0 Å². The zero-order valence-corrected chi connectivity index (χ0v) is 19.4. The van der Waals surface area contributed by atoms with Gasteiger partial charge in [0.05, 0.1) is 24.4 Å². The second-order valence-corrected chi connectivity index (χ2v) is 8.71. The topological polar surface area (TPSA) is 130 Å². The fourth-order valence-corrected chi connectivity index (χ4v) is 3.30. The molecule has 32 heavy (non-hydrogen) atoms. The van der Waals surface area contributed by atoms with E-state index in [0.717, 1.165) is 5.56 Å². The van der Waals surface area contributed by atoms with Gasteiger partial charge in [-0.2, -0.15) is 0 Å². The van der Waals surface area contributed by atoms with Crippen LogP contribution in [-0.4, -0.2) is 46.5 Å². The number of carbonyl (C=O) groups is 5. The molecule has 0 aliphatic carbocycles. The van der Waals surface area contributed by atoms with Gasteiger partial charge >= 0.3 is 5.97 Å². The van der Waals surface area contributed by atoms with Crippen molar-refractivity contribution in [2.45, 2.75) is 66.0 Å². The molecule has 1 aromatic carbocycles. The summed E-state index contributed by atoms with van der Waals surface area (Å²) in [7, 11) is 0. The number of aliphatic carboxylic acids is 1. The molecular formula is C24H34N2O6. The predicted molar refractivity (Wildman–Crippen MR) is 120 cm³/mol. The van der Waals surface area contributed by atoms with Crippen LogP contribution in [0.25, 0.3) is 0 Å². The standard InChI is InChI=1S/C24H34N2O6/c1-14(2)22(16(5)27)26-24(32)18(13-21(29)30)12-20(28)19(25-23(31)15(3)4)11-17-9-7-6-8-10-17/h6-10,14-15,18-19,22H,11-13H2,1-5H3,(H,25,31)(H,26,32)(H,29,30)/t18-,19-,22?/m0/s1. The number of benzene rings is 1. The Bertz CT molecular complexity index is 819. The average molecular weight is 447 g/mol. The van der Waals surface area contributed by atoms with E-state index in [0.29, 0.717) is 0 Å². The molecule has 0 saturated carbocycles. The second-order valence-electron chi connectivity index (χ2n) is 8.71. The summed E-state index contributed by atoms with van der Waals surface area (Å²) in [4.78, 5) is 61.3. The van der Waals surface area contributed by atoms with E-state index >= 15 is 0 Å². The molecule has 0 aliphatic heterocycles. The van der Waals surface area contributed by atoms with Crippen molar-refractivity contribution in [2.24, 2.45) is 17.8 Å². The molecule has 0 heterocycles. The first kappa shape index (κ1) is 27.0. The van der Waals surface area contributed by atoms with Crippen LogP contribution in [0.3, 0.4) is 0 Å². The van der Waals surface area contributed by atoms with Gasteiger partial charge in [-0.1, -0.05) is 58.0 Å². The van der Waals surface area contributed by atoms with Crippen molar-refractivity contribution in [3.8, 4) is 0 Å². The monoisotopic (exact) mass is 446 g/mol.